The fourth-order valence-electron chi connectivity index (χ4n) is 3.81. The Kier molecular flexibility index (Phi) is 4.64. The number of pyridine rings is 2. The maximum atomic E-state index is 13.2. The summed E-state index contributed by atoms with van der Waals surface area (Å²) in [7, 11) is 0. The van der Waals surface area contributed by atoms with Gasteiger partial charge in [0.15, 0.2) is 0 Å². The van der Waals surface area contributed by atoms with Crippen molar-refractivity contribution in [3.63, 3.8) is 0 Å². The van der Waals surface area contributed by atoms with E-state index in [1.807, 2.05) is 44.0 Å². The summed E-state index contributed by atoms with van der Waals surface area (Å²) in [5, 5.41) is 5.13. The summed E-state index contributed by atoms with van der Waals surface area (Å²) < 4.78 is 5.31. The Morgan fingerprint density at radius 3 is 3.00 bits per heavy atom. The number of piperidine rings is 1. The van der Waals surface area contributed by atoms with Crippen molar-refractivity contribution in [3.05, 3.63) is 53.3 Å². The van der Waals surface area contributed by atoms with Gasteiger partial charge < -0.3 is 9.42 Å². The second kappa shape index (κ2) is 7.10. The quantitative estimate of drug-likeness (QED) is 0.700. The Bertz CT molecular complexity index is 979. The van der Waals surface area contributed by atoms with Crippen molar-refractivity contribution in [2.45, 2.75) is 45.4 Å². The molecule has 4 heterocycles. The highest BCUT2D eigenvalue weighted by molar-refractivity contribution is 5.96. The Hall–Kier alpha value is -2.76. The predicted octanol–water partition coefficient (Wildman–Crippen LogP) is 4.07. The zero-order chi connectivity index (χ0) is 19.0. The number of aromatic nitrogens is 3. The molecule has 1 saturated heterocycles. The number of aryl methyl sites for hydroxylation is 1. The average molecular weight is 364 g/mol. The van der Waals surface area contributed by atoms with E-state index in [1.54, 1.807) is 6.20 Å². The molecule has 0 N–H and O–H groups in total. The van der Waals surface area contributed by atoms with E-state index in [0.29, 0.717) is 17.9 Å². The summed E-state index contributed by atoms with van der Waals surface area (Å²) in [6.45, 7) is 7.28. The van der Waals surface area contributed by atoms with Gasteiger partial charge in [0.1, 0.15) is 11.3 Å². The molecule has 140 valence electrons. The Balaban J connectivity index is 1.59. The summed E-state index contributed by atoms with van der Waals surface area (Å²) in [6.07, 6.45) is 5.65. The molecule has 6 nitrogen and oxygen atoms in total. The Morgan fingerprint density at radius 2 is 2.19 bits per heavy atom. The third kappa shape index (κ3) is 3.31. The van der Waals surface area contributed by atoms with Gasteiger partial charge in [-0.1, -0.05) is 19.0 Å². The summed E-state index contributed by atoms with van der Waals surface area (Å²) in [6, 6.07) is 5.98. The second-order valence-electron chi connectivity index (χ2n) is 7.55. The molecule has 4 rings (SSSR count). The molecule has 3 aromatic heterocycles. The summed E-state index contributed by atoms with van der Waals surface area (Å²) in [4.78, 5) is 24.2. The maximum absolute atomic E-state index is 13.2. The van der Waals surface area contributed by atoms with E-state index < -0.39 is 0 Å². The first-order valence-corrected chi connectivity index (χ1v) is 9.50. The highest BCUT2D eigenvalue weighted by Gasteiger charge is 2.31. The lowest BCUT2D eigenvalue weighted by Gasteiger charge is -2.32. The number of fused-ring (bicyclic) bond motifs is 1. The number of hydrogen-bond acceptors (Lipinski definition) is 5. The van der Waals surface area contributed by atoms with E-state index in [0.717, 1.165) is 41.7 Å². The van der Waals surface area contributed by atoms with Crippen LogP contribution >= 0.6 is 0 Å². The number of carbonyl (C=O) groups excluding carboxylic acids is 1. The molecule has 1 fully saturated rings. The molecular weight excluding hydrogens is 340 g/mol. The number of nitrogens with zero attached hydrogens (tertiary/aromatic N) is 4. The zero-order valence-corrected chi connectivity index (χ0v) is 16.0. The Labute approximate surface area is 158 Å². The molecule has 1 atom stereocenters. The zero-order valence-electron chi connectivity index (χ0n) is 16.0. The SMILES string of the molecule is Cc1onc(C(C)C)c1C(=O)N1CCC[C@@H](c2cc3ncccc3cn2)C1. The molecule has 1 aliphatic rings. The van der Waals surface area contributed by atoms with Crippen molar-refractivity contribution in [1.82, 2.24) is 20.0 Å². The monoisotopic (exact) mass is 364 g/mol. The van der Waals surface area contributed by atoms with Gasteiger partial charge >= 0.3 is 0 Å². The first-order chi connectivity index (χ1) is 13.0. The molecule has 0 unspecified atom stereocenters. The summed E-state index contributed by atoms with van der Waals surface area (Å²) in [5.41, 5.74) is 3.32. The van der Waals surface area contributed by atoms with Crippen LogP contribution in [0.4, 0.5) is 0 Å². The minimum Gasteiger partial charge on any atom is -0.361 e. The van der Waals surface area contributed by atoms with E-state index in [4.69, 9.17) is 4.52 Å². The standard InChI is InChI=1S/C21H24N4O2/c1-13(2)20-19(14(3)27-24-20)21(26)25-9-5-7-16(12-25)18-10-17-15(11-23-18)6-4-8-22-17/h4,6,8,10-11,13,16H,5,7,9,12H2,1-3H3/t16-/m1/s1. The van der Waals surface area contributed by atoms with Gasteiger partial charge in [-0.2, -0.15) is 0 Å². The van der Waals surface area contributed by atoms with E-state index >= 15 is 0 Å². The third-order valence-electron chi connectivity index (χ3n) is 5.29. The minimum absolute atomic E-state index is 0.0149. The topological polar surface area (TPSA) is 72.1 Å². The largest absolute Gasteiger partial charge is 0.361 e. The highest BCUT2D eigenvalue weighted by Crippen LogP contribution is 2.30. The lowest BCUT2D eigenvalue weighted by molar-refractivity contribution is 0.0703. The van der Waals surface area contributed by atoms with Crippen LogP contribution < -0.4 is 0 Å². The Morgan fingerprint density at radius 1 is 1.33 bits per heavy atom. The van der Waals surface area contributed by atoms with Crippen LogP contribution in [0.2, 0.25) is 0 Å². The fraction of sp³-hybridized carbons (Fsp3) is 0.429. The lowest BCUT2D eigenvalue weighted by atomic mass is 9.93. The van der Waals surface area contributed by atoms with Crippen LogP contribution in [0, 0.1) is 6.92 Å². The highest BCUT2D eigenvalue weighted by atomic mass is 16.5. The molecule has 1 aliphatic heterocycles. The normalized spacial score (nSPS) is 17.6. The molecule has 1 amide bonds. The number of amides is 1. The van der Waals surface area contributed by atoms with Crippen molar-refractivity contribution < 1.29 is 9.32 Å². The number of hydrogen-bond donors (Lipinski definition) is 0. The van der Waals surface area contributed by atoms with Crippen molar-refractivity contribution >= 4 is 16.8 Å². The van der Waals surface area contributed by atoms with Crippen LogP contribution in [0.5, 0.6) is 0 Å². The molecule has 0 aromatic carbocycles. The fourth-order valence-corrected chi connectivity index (χ4v) is 3.81. The molecule has 0 spiro atoms. The summed E-state index contributed by atoms with van der Waals surface area (Å²) in [5.74, 6) is 0.979. The van der Waals surface area contributed by atoms with Crippen LogP contribution in [-0.4, -0.2) is 39.0 Å². The molecule has 0 radical (unpaired) electrons. The van der Waals surface area contributed by atoms with Gasteiger partial charge in [0.2, 0.25) is 0 Å². The molecule has 0 bridgehead atoms. The van der Waals surface area contributed by atoms with Crippen LogP contribution in [0.1, 0.15) is 66.0 Å². The van der Waals surface area contributed by atoms with Gasteiger partial charge in [-0.25, -0.2) is 0 Å². The van der Waals surface area contributed by atoms with Gasteiger partial charge in [-0.05, 0) is 43.9 Å². The first kappa shape index (κ1) is 17.6. The molecule has 6 heteroatoms. The maximum Gasteiger partial charge on any atom is 0.259 e. The first-order valence-electron chi connectivity index (χ1n) is 9.50. The van der Waals surface area contributed by atoms with E-state index in [9.17, 15) is 4.79 Å². The molecule has 27 heavy (non-hydrogen) atoms. The molecule has 0 aliphatic carbocycles. The number of carbonyl (C=O) groups is 1. The van der Waals surface area contributed by atoms with E-state index in [2.05, 4.69) is 21.2 Å². The third-order valence-corrected chi connectivity index (χ3v) is 5.29. The minimum atomic E-state index is 0.0149. The van der Waals surface area contributed by atoms with Gasteiger partial charge in [-0.3, -0.25) is 14.8 Å². The van der Waals surface area contributed by atoms with Gasteiger partial charge in [0.05, 0.1) is 11.2 Å². The van der Waals surface area contributed by atoms with Crippen LogP contribution in [0.25, 0.3) is 10.9 Å². The van der Waals surface area contributed by atoms with Crippen molar-refractivity contribution in [2.75, 3.05) is 13.1 Å². The van der Waals surface area contributed by atoms with Crippen LogP contribution in [0.15, 0.2) is 35.1 Å². The predicted molar refractivity (Wildman–Crippen MR) is 103 cm³/mol. The smallest absolute Gasteiger partial charge is 0.259 e. The van der Waals surface area contributed by atoms with Crippen molar-refractivity contribution in [2.24, 2.45) is 0 Å². The van der Waals surface area contributed by atoms with Gasteiger partial charge in [0.25, 0.3) is 5.91 Å². The van der Waals surface area contributed by atoms with E-state index in [-0.39, 0.29) is 17.7 Å². The molecular formula is C21H24N4O2. The molecule has 3 aromatic rings. The second-order valence-corrected chi connectivity index (χ2v) is 7.55. The number of likely N-dealkylation sites (tertiary alicyclic amines) is 1. The lowest BCUT2D eigenvalue weighted by Crippen LogP contribution is -2.39. The van der Waals surface area contributed by atoms with Gasteiger partial charge in [0, 0.05) is 42.5 Å². The van der Waals surface area contributed by atoms with Crippen molar-refractivity contribution in [1.29, 1.82) is 0 Å². The van der Waals surface area contributed by atoms with Gasteiger partial charge in [-0.15, -0.1) is 0 Å². The molecule has 0 saturated carbocycles. The van der Waals surface area contributed by atoms with Crippen molar-refractivity contribution in [3.8, 4) is 0 Å². The number of rotatable bonds is 3. The van der Waals surface area contributed by atoms with Crippen LogP contribution in [0.3, 0.4) is 0 Å². The van der Waals surface area contributed by atoms with Crippen LogP contribution in [-0.2, 0) is 0 Å². The summed E-state index contributed by atoms with van der Waals surface area (Å²) >= 11 is 0. The van der Waals surface area contributed by atoms with E-state index in [1.165, 1.54) is 0 Å². The average Bonchev–Trinajstić information content (AvgIpc) is 3.09.